The molecule has 2 atom stereocenters. The number of hydrogen-bond acceptors (Lipinski definition) is 5. The summed E-state index contributed by atoms with van der Waals surface area (Å²) in [4.78, 5) is 12.0. The summed E-state index contributed by atoms with van der Waals surface area (Å²) < 4.78 is 21.9. The van der Waals surface area contributed by atoms with Crippen molar-refractivity contribution in [1.82, 2.24) is 5.32 Å². The van der Waals surface area contributed by atoms with Crippen LogP contribution in [0.25, 0.3) is 0 Å². The summed E-state index contributed by atoms with van der Waals surface area (Å²) >= 11 is 0. The third-order valence-corrected chi connectivity index (χ3v) is 3.94. The molecule has 1 heterocycles. The summed E-state index contributed by atoms with van der Waals surface area (Å²) in [5.41, 5.74) is 0.855. The minimum atomic E-state index is -0.502. The average molecular weight is 343 g/mol. The molecular weight excluding hydrogens is 322 g/mol. The lowest BCUT2D eigenvalue weighted by Crippen LogP contribution is -2.48. The quantitative estimate of drug-likeness (QED) is 0.903. The highest BCUT2D eigenvalue weighted by Crippen LogP contribution is 2.31. The minimum Gasteiger partial charge on any atom is -0.497 e. The third-order valence-electron chi connectivity index (χ3n) is 3.94. The molecule has 0 radical (unpaired) electrons. The number of amides is 1. The second kappa shape index (κ2) is 7.79. The van der Waals surface area contributed by atoms with Crippen LogP contribution in [0.2, 0.25) is 0 Å². The van der Waals surface area contributed by atoms with Gasteiger partial charge in [-0.05, 0) is 36.8 Å². The minimum absolute atomic E-state index is 0.167. The molecule has 1 aliphatic rings. The molecule has 132 valence electrons. The summed E-state index contributed by atoms with van der Waals surface area (Å²) in [6.07, 6.45) is -0.781. The zero-order valence-electron chi connectivity index (χ0n) is 14.2. The fraction of sp³-hybridized carbons (Fsp3) is 0.316. The number of rotatable bonds is 5. The van der Waals surface area contributed by atoms with E-state index in [2.05, 4.69) is 5.32 Å². The van der Waals surface area contributed by atoms with Crippen LogP contribution in [0.4, 0.5) is 4.79 Å². The van der Waals surface area contributed by atoms with Crippen LogP contribution in [0, 0.1) is 0 Å². The molecule has 6 nitrogen and oxygen atoms in total. The van der Waals surface area contributed by atoms with Gasteiger partial charge in [-0.3, -0.25) is 0 Å². The van der Waals surface area contributed by atoms with Crippen LogP contribution in [-0.4, -0.2) is 32.0 Å². The van der Waals surface area contributed by atoms with Crippen molar-refractivity contribution in [3.63, 3.8) is 0 Å². The van der Waals surface area contributed by atoms with Crippen LogP contribution in [0.15, 0.2) is 48.5 Å². The Balaban J connectivity index is 1.49. The number of alkyl carbamates (subject to hydrolysis) is 1. The van der Waals surface area contributed by atoms with Gasteiger partial charge in [-0.15, -0.1) is 0 Å². The fourth-order valence-electron chi connectivity index (χ4n) is 2.51. The van der Waals surface area contributed by atoms with Gasteiger partial charge in [0, 0.05) is 0 Å². The van der Waals surface area contributed by atoms with Gasteiger partial charge in [0.05, 0.1) is 13.2 Å². The number of para-hydroxylation sites is 2. The Morgan fingerprint density at radius 2 is 2.04 bits per heavy atom. The van der Waals surface area contributed by atoms with E-state index >= 15 is 0 Å². The van der Waals surface area contributed by atoms with E-state index in [9.17, 15) is 4.79 Å². The maximum absolute atomic E-state index is 12.0. The lowest BCUT2D eigenvalue weighted by atomic mass is 10.1. The molecular formula is C19H21NO5. The van der Waals surface area contributed by atoms with E-state index in [0.717, 1.165) is 11.3 Å². The topological polar surface area (TPSA) is 66.0 Å². The highest BCUT2D eigenvalue weighted by atomic mass is 16.6. The number of methoxy groups -OCH3 is 1. The van der Waals surface area contributed by atoms with Gasteiger partial charge in [0.1, 0.15) is 19.0 Å². The lowest BCUT2D eigenvalue weighted by molar-refractivity contribution is 0.0618. The van der Waals surface area contributed by atoms with E-state index in [1.54, 1.807) is 7.11 Å². The number of carbonyl (C=O) groups is 1. The van der Waals surface area contributed by atoms with Gasteiger partial charge >= 0.3 is 6.09 Å². The summed E-state index contributed by atoms with van der Waals surface area (Å²) in [6, 6.07) is 14.6. The number of nitrogens with one attached hydrogen (secondary N) is 1. The predicted octanol–water partition coefficient (Wildman–Crippen LogP) is 3.15. The molecule has 2 aromatic carbocycles. The third kappa shape index (κ3) is 4.35. The smallest absolute Gasteiger partial charge is 0.407 e. The van der Waals surface area contributed by atoms with Gasteiger partial charge in [0.15, 0.2) is 17.6 Å². The molecule has 0 fully saturated rings. The highest BCUT2D eigenvalue weighted by molar-refractivity contribution is 5.67. The number of benzene rings is 2. The van der Waals surface area contributed by atoms with E-state index in [1.807, 2.05) is 55.5 Å². The maximum atomic E-state index is 12.0. The van der Waals surface area contributed by atoms with Gasteiger partial charge in [0.2, 0.25) is 0 Å². The van der Waals surface area contributed by atoms with Crippen molar-refractivity contribution < 1.29 is 23.7 Å². The number of hydrogen-bond donors (Lipinski definition) is 1. The largest absolute Gasteiger partial charge is 0.497 e. The van der Waals surface area contributed by atoms with Crippen molar-refractivity contribution >= 4 is 6.09 Å². The summed E-state index contributed by atoms with van der Waals surface area (Å²) in [7, 11) is 1.60. The monoisotopic (exact) mass is 343 g/mol. The molecule has 0 saturated carbocycles. The van der Waals surface area contributed by atoms with Gasteiger partial charge in [-0.25, -0.2) is 4.79 Å². The molecule has 6 heteroatoms. The van der Waals surface area contributed by atoms with Gasteiger partial charge in [-0.1, -0.05) is 24.3 Å². The van der Waals surface area contributed by atoms with Crippen molar-refractivity contribution in [2.75, 3.05) is 13.7 Å². The number of carbonyl (C=O) groups excluding carboxylic acids is 1. The predicted molar refractivity (Wildman–Crippen MR) is 92.1 cm³/mol. The molecule has 1 amide bonds. The van der Waals surface area contributed by atoms with Crippen LogP contribution >= 0.6 is 0 Å². The van der Waals surface area contributed by atoms with E-state index in [-0.39, 0.29) is 18.8 Å². The fourth-order valence-corrected chi connectivity index (χ4v) is 2.51. The molecule has 0 unspecified atom stereocenters. The molecule has 1 aliphatic heterocycles. The van der Waals surface area contributed by atoms with Crippen LogP contribution in [0.3, 0.4) is 0 Å². The van der Waals surface area contributed by atoms with Crippen molar-refractivity contribution in [1.29, 1.82) is 0 Å². The number of fused-ring (bicyclic) bond motifs is 1. The Kier molecular flexibility index (Phi) is 5.28. The number of ether oxygens (including phenoxy) is 4. The van der Waals surface area contributed by atoms with Gasteiger partial charge in [0.25, 0.3) is 0 Å². The standard InChI is InChI=1S/C19H21NO5/c1-13(18-12-23-16-8-3-4-9-17(16)25-18)20-19(21)24-11-14-6-5-7-15(10-14)22-2/h3-10,13,18H,11-12H2,1-2H3,(H,20,21)/t13-,18+/m1/s1. The first-order chi connectivity index (χ1) is 12.2. The van der Waals surface area contributed by atoms with E-state index < -0.39 is 6.09 Å². The van der Waals surface area contributed by atoms with Crippen LogP contribution in [0.5, 0.6) is 17.2 Å². The van der Waals surface area contributed by atoms with Crippen molar-refractivity contribution in [2.24, 2.45) is 0 Å². The molecule has 0 bridgehead atoms. The van der Waals surface area contributed by atoms with Crippen LogP contribution in [0.1, 0.15) is 12.5 Å². The second-order valence-corrected chi connectivity index (χ2v) is 5.77. The van der Waals surface area contributed by atoms with Crippen molar-refractivity contribution in [2.45, 2.75) is 25.7 Å². The second-order valence-electron chi connectivity index (χ2n) is 5.77. The van der Waals surface area contributed by atoms with Crippen molar-refractivity contribution in [3.05, 3.63) is 54.1 Å². The normalized spacial score (nSPS) is 16.6. The lowest BCUT2D eigenvalue weighted by Gasteiger charge is -2.30. The van der Waals surface area contributed by atoms with Gasteiger partial charge in [-0.2, -0.15) is 0 Å². The van der Waals surface area contributed by atoms with Crippen LogP contribution < -0.4 is 19.5 Å². The van der Waals surface area contributed by atoms with Crippen LogP contribution in [-0.2, 0) is 11.3 Å². The Bertz CT molecular complexity index is 733. The zero-order valence-corrected chi connectivity index (χ0v) is 14.2. The van der Waals surface area contributed by atoms with Gasteiger partial charge < -0.3 is 24.3 Å². The average Bonchev–Trinajstić information content (AvgIpc) is 2.66. The first-order valence-corrected chi connectivity index (χ1v) is 8.10. The van der Waals surface area contributed by atoms with E-state index in [0.29, 0.717) is 18.1 Å². The molecule has 0 spiro atoms. The van der Waals surface area contributed by atoms with Crippen molar-refractivity contribution in [3.8, 4) is 17.2 Å². The SMILES string of the molecule is COc1cccc(COC(=O)N[C@H](C)[C@@H]2COc3ccccc3O2)c1. The summed E-state index contributed by atoms with van der Waals surface area (Å²) in [6.45, 7) is 2.39. The molecule has 1 N–H and O–H groups in total. The first kappa shape index (κ1) is 17.0. The molecule has 0 aliphatic carbocycles. The molecule has 25 heavy (non-hydrogen) atoms. The summed E-state index contributed by atoms with van der Waals surface area (Å²) in [5, 5.41) is 2.78. The molecule has 2 aromatic rings. The Morgan fingerprint density at radius 1 is 1.24 bits per heavy atom. The Hall–Kier alpha value is -2.89. The zero-order chi connectivity index (χ0) is 17.6. The van der Waals surface area contributed by atoms with E-state index in [1.165, 1.54) is 0 Å². The Morgan fingerprint density at radius 3 is 2.84 bits per heavy atom. The Labute approximate surface area is 146 Å². The first-order valence-electron chi connectivity index (χ1n) is 8.10. The summed E-state index contributed by atoms with van der Waals surface area (Å²) in [5.74, 6) is 2.12. The molecule has 0 aromatic heterocycles. The molecule has 3 rings (SSSR count). The highest BCUT2D eigenvalue weighted by Gasteiger charge is 2.27. The maximum Gasteiger partial charge on any atom is 0.407 e. The molecule has 0 saturated heterocycles. The van der Waals surface area contributed by atoms with E-state index in [4.69, 9.17) is 18.9 Å².